The minimum atomic E-state index is 0.182. The molecule has 4 heteroatoms. The zero-order chi connectivity index (χ0) is 39.1. The van der Waals surface area contributed by atoms with E-state index in [9.17, 15) is 0 Å². The van der Waals surface area contributed by atoms with Crippen molar-refractivity contribution in [3.05, 3.63) is 119 Å². The Hall–Kier alpha value is -4.83. The van der Waals surface area contributed by atoms with Crippen LogP contribution in [0.15, 0.2) is 108 Å². The Morgan fingerprint density at radius 2 is 1.34 bits per heavy atom. The van der Waals surface area contributed by atoms with Gasteiger partial charge in [0.1, 0.15) is 18.0 Å². The number of nitrogens with zero attached hydrogens (tertiary/aromatic N) is 2. The third-order valence-electron chi connectivity index (χ3n) is 11.5. The largest absolute Gasteiger partial charge is 0.493 e. The number of hydrogen-bond acceptors (Lipinski definition) is 2. The molecule has 0 fully saturated rings. The van der Waals surface area contributed by atoms with E-state index in [0.29, 0.717) is 0 Å². The summed E-state index contributed by atoms with van der Waals surface area (Å²) in [7, 11) is 0. The van der Waals surface area contributed by atoms with Crippen LogP contribution in [0, 0.1) is 5.41 Å². The number of ether oxygens (including phenoxy) is 2. The van der Waals surface area contributed by atoms with E-state index in [0.717, 1.165) is 102 Å². The summed E-state index contributed by atoms with van der Waals surface area (Å²) in [5.41, 5.74) is 8.13. The highest BCUT2D eigenvalue weighted by Gasteiger charge is 2.31. The van der Waals surface area contributed by atoms with Gasteiger partial charge in [0, 0.05) is 57.5 Å². The summed E-state index contributed by atoms with van der Waals surface area (Å²) < 4.78 is 17.6. The summed E-state index contributed by atoms with van der Waals surface area (Å²) in [6.45, 7) is 17.3. The number of rotatable bonds is 18. The Balaban J connectivity index is 1.20. The molecule has 0 saturated carbocycles. The van der Waals surface area contributed by atoms with Gasteiger partial charge in [-0.05, 0) is 79.0 Å². The van der Waals surface area contributed by atoms with Crippen molar-refractivity contribution in [2.24, 2.45) is 5.41 Å². The minimum Gasteiger partial charge on any atom is -0.493 e. The van der Waals surface area contributed by atoms with Crippen molar-refractivity contribution in [2.75, 3.05) is 19.8 Å². The van der Waals surface area contributed by atoms with Crippen molar-refractivity contribution in [1.82, 2.24) is 4.57 Å². The molecule has 0 bridgehead atoms. The molecule has 0 N–H and O–H groups in total. The SMILES string of the molecule is CCCCOc1ccc2c3c(cccc13)C(/C=C/C=C1C=C(/C=C/C=c3\c4cccc5c(OCCCC)ccc(c54)n3CCCC)CC(C)(C)C\1)=[N+]2CCCC. The highest BCUT2D eigenvalue weighted by molar-refractivity contribution is 6.20. The molecule has 0 saturated heterocycles. The lowest BCUT2D eigenvalue weighted by Gasteiger charge is -2.30. The lowest BCUT2D eigenvalue weighted by Crippen LogP contribution is -2.17. The second-order valence-electron chi connectivity index (χ2n) is 16.7. The number of allylic oxidation sites excluding steroid dienone is 8. The average Bonchev–Trinajstić information content (AvgIpc) is 3.66. The standard InChI is InChI=1S/C52H63N2O2/c1-7-11-31-53-44(40-21-17-23-42-48(55-33-13-9-3)29-27-46(53)50(40)42)25-15-19-38-35-39(37-52(5,6)36-38)20-16-26-45-41-22-18-24-43-49(56-34-14-10-4)30-28-47(51(41)43)54(45)32-12-8-2/h15-30,35H,7-14,31-34,36-37H2,1-6H3/q+1. The zero-order valence-corrected chi connectivity index (χ0v) is 34.9. The van der Waals surface area contributed by atoms with Gasteiger partial charge in [0.05, 0.1) is 24.2 Å². The van der Waals surface area contributed by atoms with Crippen LogP contribution in [0.5, 0.6) is 11.5 Å². The number of benzene rings is 4. The summed E-state index contributed by atoms with van der Waals surface area (Å²) in [5, 5.41) is 7.66. The van der Waals surface area contributed by atoms with Crippen LogP contribution in [0.1, 0.15) is 111 Å². The molecule has 0 radical (unpaired) electrons. The smallest absolute Gasteiger partial charge is 0.214 e. The number of hydrogen-bond donors (Lipinski definition) is 0. The van der Waals surface area contributed by atoms with Crippen LogP contribution in [0.3, 0.4) is 0 Å². The monoisotopic (exact) mass is 747 g/mol. The molecule has 0 unspecified atom stereocenters. The van der Waals surface area contributed by atoms with E-state index in [1.54, 1.807) is 0 Å². The molecule has 292 valence electrons. The van der Waals surface area contributed by atoms with Gasteiger partial charge in [-0.2, -0.15) is 4.58 Å². The van der Waals surface area contributed by atoms with E-state index in [4.69, 9.17) is 9.47 Å². The Morgan fingerprint density at radius 3 is 2.07 bits per heavy atom. The van der Waals surface area contributed by atoms with Gasteiger partial charge in [-0.15, -0.1) is 0 Å². The maximum Gasteiger partial charge on any atom is 0.214 e. The van der Waals surface area contributed by atoms with Crippen molar-refractivity contribution < 1.29 is 14.0 Å². The Bertz CT molecular complexity index is 2400. The molecule has 1 aliphatic carbocycles. The van der Waals surface area contributed by atoms with Crippen LogP contribution in [0.25, 0.3) is 38.5 Å². The molecule has 2 heterocycles. The van der Waals surface area contributed by atoms with Crippen molar-refractivity contribution in [2.45, 2.75) is 112 Å². The van der Waals surface area contributed by atoms with Gasteiger partial charge < -0.3 is 14.0 Å². The first kappa shape index (κ1) is 39.4. The number of aromatic nitrogens is 1. The summed E-state index contributed by atoms with van der Waals surface area (Å²) in [6, 6.07) is 22.3. The number of unbranched alkanes of at least 4 members (excludes halogenated alkanes) is 4. The molecule has 0 atom stereocenters. The van der Waals surface area contributed by atoms with Crippen molar-refractivity contribution in [3.8, 4) is 11.5 Å². The van der Waals surface area contributed by atoms with Crippen molar-refractivity contribution in [3.63, 3.8) is 0 Å². The minimum absolute atomic E-state index is 0.182. The Kier molecular flexibility index (Phi) is 12.6. The first-order valence-electron chi connectivity index (χ1n) is 21.6. The fourth-order valence-electron chi connectivity index (χ4n) is 8.78. The maximum absolute atomic E-state index is 6.29. The molecule has 2 aliphatic rings. The molecule has 1 aromatic heterocycles. The van der Waals surface area contributed by atoms with E-state index < -0.39 is 0 Å². The third kappa shape index (κ3) is 8.31. The highest BCUT2D eigenvalue weighted by atomic mass is 16.5. The summed E-state index contributed by atoms with van der Waals surface area (Å²) in [6.07, 6.45) is 27.5. The summed E-state index contributed by atoms with van der Waals surface area (Å²) in [4.78, 5) is 0. The van der Waals surface area contributed by atoms with Gasteiger partial charge in [0.2, 0.25) is 11.4 Å². The van der Waals surface area contributed by atoms with Gasteiger partial charge in [0.15, 0.2) is 0 Å². The van der Waals surface area contributed by atoms with Crippen LogP contribution in [0.2, 0.25) is 0 Å². The first-order chi connectivity index (χ1) is 27.4. The fraction of sp³-hybridized carbons (Fsp3) is 0.404. The lowest BCUT2D eigenvalue weighted by atomic mass is 9.75. The molecule has 4 nitrogen and oxygen atoms in total. The van der Waals surface area contributed by atoms with Crippen molar-refractivity contribution >= 4 is 49.9 Å². The molecular formula is C52H63N2O2+. The Labute approximate surface area is 335 Å². The molecule has 0 amide bonds. The van der Waals surface area contributed by atoms with Crippen LogP contribution in [0.4, 0.5) is 5.69 Å². The second kappa shape index (κ2) is 18.0. The van der Waals surface area contributed by atoms with Gasteiger partial charge >= 0.3 is 0 Å². The predicted molar refractivity (Wildman–Crippen MR) is 240 cm³/mol. The van der Waals surface area contributed by atoms with Crippen molar-refractivity contribution in [1.29, 1.82) is 0 Å². The van der Waals surface area contributed by atoms with E-state index in [2.05, 4.69) is 154 Å². The predicted octanol–water partition coefficient (Wildman–Crippen LogP) is 13.3. The fourth-order valence-corrected chi connectivity index (χ4v) is 8.78. The average molecular weight is 748 g/mol. The number of aryl methyl sites for hydroxylation is 1. The molecule has 0 spiro atoms. The van der Waals surface area contributed by atoms with E-state index in [1.165, 1.54) is 65.9 Å². The van der Waals surface area contributed by atoms with Gasteiger partial charge in [0.25, 0.3) is 0 Å². The highest BCUT2D eigenvalue weighted by Crippen LogP contribution is 2.41. The first-order valence-corrected chi connectivity index (χ1v) is 21.6. The van der Waals surface area contributed by atoms with Crippen LogP contribution >= 0.6 is 0 Å². The molecule has 1 aliphatic heterocycles. The quantitative estimate of drug-likeness (QED) is 0.0659. The molecular weight excluding hydrogens is 685 g/mol. The maximum atomic E-state index is 6.29. The van der Waals surface area contributed by atoms with Gasteiger partial charge in [-0.25, -0.2) is 0 Å². The topological polar surface area (TPSA) is 26.4 Å². The van der Waals surface area contributed by atoms with E-state index in [1.807, 2.05) is 0 Å². The summed E-state index contributed by atoms with van der Waals surface area (Å²) in [5.74, 6) is 2.00. The van der Waals surface area contributed by atoms with Crippen LogP contribution in [-0.4, -0.2) is 34.6 Å². The third-order valence-corrected chi connectivity index (χ3v) is 11.5. The van der Waals surface area contributed by atoms with Gasteiger partial charge in [-0.1, -0.05) is 128 Å². The molecule has 4 aromatic carbocycles. The zero-order valence-electron chi connectivity index (χ0n) is 34.9. The molecule has 5 aromatic rings. The van der Waals surface area contributed by atoms with E-state index in [-0.39, 0.29) is 5.41 Å². The lowest BCUT2D eigenvalue weighted by molar-refractivity contribution is -0.436. The van der Waals surface area contributed by atoms with Crippen LogP contribution in [-0.2, 0) is 6.54 Å². The normalized spacial score (nSPS) is 16.6. The summed E-state index contributed by atoms with van der Waals surface area (Å²) >= 11 is 0. The van der Waals surface area contributed by atoms with Gasteiger partial charge in [-0.3, -0.25) is 0 Å². The molecule has 7 rings (SSSR count). The Morgan fingerprint density at radius 1 is 0.679 bits per heavy atom. The second-order valence-corrected chi connectivity index (χ2v) is 16.7. The van der Waals surface area contributed by atoms with Crippen LogP contribution < -0.4 is 14.8 Å². The van der Waals surface area contributed by atoms with E-state index >= 15 is 0 Å². The molecule has 56 heavy (non-hydrogen) atoms.